The number of halogens is 2. The van der Waals surface area contributed by atoms with Crippen LogP contribution in [0.15, 0.2) is 66.9 Å². The summed E-state index contributed by atoms with van der Waals surface area (Å²) in [5, 5.41) is 12.2. The van der Waals surface area contributed by atoms with E-state index >= 15 is 4.39 Å². The molecule has 64 heavy (non-hydrogen) atoms. The Morgan fingerprint density at radius 1 is 0.859 bits per heavy atom. The zero-order chi connectivity index (χ0) is 44.8. The fourth-order valence-corrected chi connectivity index (χ4v) is 10.5. The number of hydrogen-bond acceptors (Lipinski definition) is 11. The van der Waals surface area contributed by atoms with Crippen molar-refractivity contribution >= 4 is 46.9 Å². The third-order valence-electron chi connectivity index (χ3n) is 14.4. The van der Waals surface area contributed by atoms with Crippen LogP contribution in [0.4, 0.5) is 16.0 Å². The lowest BCUT2D eigenvalue weighted by molar-refractivity contribution is -0.136. The van der Waals surface area contributed by atoms with Gasteiger partial charge in [-0.2, -0.15) is 5.26 Å². The second-order valence-corrected chi connectivity index (χ2v) is 19.1. The highest BCUT2D eigenvalue weighted by Gasteiger charge is 2.46. The molecule has 13 nitrogen and oxygen atoms in total. The van der Waals surface area contributed by atoms with Gasteiger partial charge in [-0.15, -0.1) is 0 Å². The zero-order valence-corrected chi connectivity index (χ0v) is 37.0. The number of fused-ring (bicyclic) bond motifs is 1. The third kappa shape index (κ3) is 8.67. The van der Waals surface area contributed by atoms with Gasteiger partial charge in [0.1, 0.15) is 24.2 Å². The Balaban J connectivity index is 0.722. The summed E-state index contributed by atoms with van der Waals surface area (Å²) < 4.78 is 21.7. The Labute approximate surface area is 377 Å². The van der Waals surface area contributed by atoms with Gasteiger partial charge in [0.15, 0.2) is 0 Å². The van der Waals surface area contributed by atoms with E-state index in [1.165, 1.54) is 6.07 Å². The van der Waals surface area contributed by atoms with Gasteiger partial charge >= 0.3 is 0 Å². The van der Waals surface area contributed by atoms with Crippen LogP contribution in [-0.2, 0) is 21.6 Å². The van der Waals surface area contributed by atoms with Crippen molar-refractivity contribution in [2.75, 3.05) is 55.6 Å². The van der Waals surface area contributed by atoms with Crippen LogP contribution in [0.25, 0.3) is 0 Å². The van der Waals surface area contributed by atoms with Crippen LogP contribution >= 0.6 is 11.6 Å². The van der Waals surface area contributed by atoms with E-state index in [0.29, 0.717) is 47.3 Å². The summed E-state index contributed by atoms with van der Waals surface area (Å²) in [5.41, 5.74) is 3.72. The van der Waals surface area contributed by atoms with Gasteiger partial charge < -0.3 is 19.4 Å². The summed E-state index contributed by atoms with van der Waals surface area (Å²) in [6.07, 6.45) is 8.21. The molecule has 4 saturated heterocycles. The number of nitriles is 1. The lowest BCUT2D eigenvalue weighted by atomic mass is 9.71. The van der Waals surface area contributed by atoms with E-state index in [9.17, 15) is 24.4 Å². The number of piperidine rings is 4. The van der Waals surface area contributed by atoms with Gasteiger partial charge in [-0.05, 0) is 129 Å². The molecule has 1 atom stereocenters. The standard InChI is InChI=1S/C49H52ClFN8O5/c1-48(2,34-23-32(28-52)24-35(50)25-34)33-3-5-37(6-4-33)64-30-36-9-16-53-47(54-36)58-21-14-49(15-22-58)12-19-56(20-13-49)29-31-10-17-57(18-11-31)42-27-39-38(26-40(42)51)45(62)59(46(39)63)41-7-8-43(60)55-44(41)61/h3-6,9,16,23-27,31,41H,7-8,10-15,17-22,29-30H2,1-2H3,(H,55,60,61). The smallest absolute Gasteiger partial charge is 0.262 e. The average molecular weight is 887 g/mol. The molecule has 9 rings (SSSR count). The number of aromatic nitrogens is 2. The van der Waals surface area contributed by atoms with E-state index in [4.69, 9.17) is 21.3 Å². The molecule has 1 aromatic heterocycles. The van der Waals surface area contributed by atoms with Gasteiger partial charge in [0.2, 0.25) is 17.8 Å². The van der Waals surface area contributed by atoms with E-state index in [0.717, 1.165) is 111 Å². The number of amides is 4. The van der Waals surface area contributed by atoms with Crippen molar-refractivity contribution in [3.05, 3.63) is 111 Å². The molecule has 332 valence electrons. The Bertz CT molecular complexity index is 2520. The number of hydrogen-bond donors (Lipinski definition) is 1. The maximum absolute atomic E-state index is 15.5. The number of benzene rings is 3. The zero-order valence-electron chi connectivity index (χ0n) is 36.2. The number of carbonyl (C=O) groups excluding carboxylic acids is 4. The summed E-state index contributed by atoms with van der Waals surface area (Å²) in [6.45, 7) is 10.8. The first kappa shape index (κ1) is 43.3. The van der Waals surface area contributed by atoms with Gasteiger partial charge in [0.25, 0.3) is 11.8 Å². The lowest BCUT2D eigenvalue weighted by Gasteiger charge is -2.47. The second-order valence-electron chi connectivity index (χ2n) is 18.6. The molecule has 1 unspecified atom stereocenters. The largest absolute Gasteiger partial charge is 0.487 e. The normalized spacial score (nSPS) is 20.7. The van der Waals surface area contributed by atoms with Crippen LogP contribution in [-0.4, -0.2) is 95.3 Å². The molecule has 5 aliphatic heterocycles. The molecule has 6 heterocycles. The Morgan fingerprint density at radius 3 is 2.23 bits per heavy atom. The van der Waals surface area contributed by atoms with Crippen LogP contribution in [0.5, 0.6) is 5.75 Å². The van der Waals surface area contributed by atoms with Crippen LogP contribution in [0, 0.1) is 28.5 Å². The fraction of sp³-hybridized carbons (Fsp3) is 0.449. The summed E-state index contributed by atoms with van der Waals surface area (Å²) in [6, 6.07) is 19.1. The molecule has 4 fully saturated rings. The minimum atomic E-state index is -1.09. The highest BCUT2D eigenvalue weighted by atomic mass is 35.5. The molecule has 1 N–H and O–H groups in total. The van der Waals surface area contributed by atoms with E-state index in [-0.39, 0.29) is 29.4 Å². The third-order valence-corrected chi connectivity index (χ3v) is 14.6. The minimum absolute atomic E-state index is 0.0266. The van der Waals surface area contributed by atoms with E-state index in [1.54, 1.807) is 6.07 Å². The van der Waals surface area contributed by atoms with Crippen LogP contribution in [0.1, 0.15) is 108 Å². The van der Waals surface area contributed by atoms with E-state index in [2.05, 4.69) is 40.0 Å². The number of imide groups is 2. The van der Waals surface area contributed by atoms with Crippen LogP contribution < -0.4 is 19.9 Å². The van der Waals surface area contributed by atoms with Gasteiger partial charge in [-0.1, -0.05) is 37.6 Å². The van der Waals surface area contributed by atoms with Gasteiger partial charge in [0.05, 0.1) is 34.1 Å². The van der Waals surface area contributed by atoms with Crippen molar-refractivity contribution in [1.29, 1.82) is 5.26 Å². The Morgan fingerprint density at radius 2 is 1.55 bits per heavy atom. The average Bonchev–Trinajstić information content (AvgIpc) is 3.53. The number of nitrogens with zero attached hydrogens (tertiary/aromatic N) is 7. The molecule has 4 aromatic rings. The first-order valence-corrected chi connectivity index (χ1v) is 22.7. The predicted molar refractivity (Wildman–Crippen MR) is 239 cm³/mol. The molecule has 15 heteroatoms. The molecule has 0 saturated carbocycles. The molecule has 0 aliphatic carbocycles. The van der Waals surface area contributed by atoms with E-state index in [1.807, 2.05) is 53.6 Å². The quantitative estimate of drug-likeness (QED) is 0.163. The number of ether oxygens (including phenoxy) is 1. The van der Waals surface area contributed by atoms with Crippen molar-refractivity contribution in [3.8, 4) is 11.8 Å². The number of anilines is 2. The highest BCUT2D eigenvalue weighted by molar-refractivity contribution is 6.30. The van der Waals surface area contributed by atoms with Crippen LogP contribution in [0.3, 0.4) is 0 Å². The van der Waals surface area contributed by atoms with Gasteiger partial charge in [0, 0.05) is 55.8 Å². The summed E-state index contributed by atoms with van der Waals surface area (Å²) >= 11 is 6.31. The van der Waals surface area contributed by atoms with Gasteiger partial charge in [-0.25, -0.2) is 14.4 Å². The monoisotopic (exact) mass is 886 g/mol. The maximum atomic E-state index is 15.5. The summed E-state index contributed by atoms with van der Waals surface area (Å²) in [5.74, 6) is -1.06. The number of rotatable bonds is 10. The van der Waals surface area contributed by atoms with Crippen molar-refractivity contribution < 1.29 is 28.3 Å². The Hall–Kier alpha value is -5.91. The van der Waals surface area contributed by atoms with E-state index < -0.39 is 35.5 Å². The molecule has 0 bridgehead atoms. The Kier molecular flexibility index (Phi) is 11.9. The molecule has 1 spiro atoms. The van der Waals surface area contributed by atoms with Crippen molar-refractivity contribution in [2.45, 2.75) is 83.3 Å². The SMILES string of the molecule is CC(C)(c1ccc(OCc2ccnc(N3CCC4(CCN(CC5CCN(c6cc7c(cc6F)C(=O)N(C6CCC(=O)NC6=O)C7=O)CC5)CC4)CC3)n2)cc1)c1cc(Cl)cc(C#N)c1. The molecule has 0 radical (unpaired) electrons. The number of carbonyl (C=O) groups is 4. The number of likely N-dealkylation sites (tertiary alicyclic amines) is 1. The topological polar surface area (TPSA) is 152 Å². The summed E-state index contributed by atoms with van der Waals surface area (Å²) in [4.78, 5) is 67.9. The highest BCUT2D eigenvalue weighted by Crippen LogP contribution is 2.43. The maximum Gasteiger partial charge on any atom is 0.262 e. The predicted octanol–water partition coefficient (Wildman–Crippen LogP) is 7.05. The van der Waals surface area contributed by atoms with Crippen molar-refractivity contribution in [1.82, 2.24) is 25.1 Å². The molecule has 4 amide bonds. The fourth-order valence-electron chi connectivity index (χ4n) is 10.3. The minimum Gasteiger partial charge on any atom is -0.487 e. The molecule has 5 aliphatic rings. The second kappa shape index (κ2) is 17.6. The molecule has 3 aromatic carbocycles. The molecular weight excluding hydrogens is 835 g/mol. The van der Waals surface area contributed by atoms with Crippen molar-refractivity contribution in [3.63, 3.8) is 0 Å². The van der Waals surface area contributed by atoms with Crippen LogP contribution in [0.2, 0.25) is 5.02 Å². The summed E-state index contributed by atoms with van der Waals surface area (Å²) in [7, 11) is 0. The number of nitrogens with one attached hydrogen (secondary N) is 1. The van der Waals surface area contributed by atoms with Crippen molar-refractivity contribution in [2.24, 2.45) is 11.3 Å². The first-order valence-electron chi connectivity index (χ1n) is 22.3. The lowest BCUT2D eigenvalue weighted by Crippen LogP contribution is -2.54. The first-order chi connectivity index (χ1) is 30.8. The molecular formula is C49H52ClFN8O5. The van der Waals surface area contributed by atoms with Gasteiger partial charge in [-0.3, -0.25) is 29.4 Å².